The number of nitrogens with one attached hydrogen (secondary N) is 1. The average molecular weight is 316 g/mol. The Labute approximate surface area is 128 Å². The molecular weight excluding hydrogens is 298 g/mol. The molecule has 0 aliphatic heterocycles. The van der Waals surface area contributed by atoms with Crippen molar-refractivity contribution in [2.75, 3.05) is 12.9 Å². The normalized spacial score (nSPS) is 11.8. The molecule has 1 unspecified atom stereocenters. The minimum Gasteiger partial charge on any atom is -0.469 e. The molecule has 1 amide bonds. The van der Waals surface area contributed by atoms with Crippen LogP contribution in [0.4, 0.5) is 0 Å². The predicted octanol–water partition coefficient (Wildman–Crippen LogP) is 2.89. The van der Waals surface area contributed by atoms with E-state index in [0.29, 0.717) is 17.2 Å². The van der Waals surface area contributed by atoms with Crippen LogP contribution in [-0.4, -0.2) is 30.8 Å². The molecule has 0 aliphatic rings. The van der Waals surface area contributed by atoms with Gasteiger partial charge in [-0.15, -0.1) is 11.8 Å². The van der Waals surface area contributed by atoms with Gasteiger partial charge in [0, 0.05) is 28.1 Å². The van der Waals surface area contributed by atoms with Crippen LogP contribution in [0.1, 0.15) is 19.8 Å². The zero-order valence-electron chi connectivity index (χ0n) is 11.5. The van der Waals surface area contributed by atoms with Crippen LogP contribution in [0, 0.1) is 0 Å². The first-order valence-corrected chi connectivity index (χ1v) is 7.62. The van der Waals surface area contributed by atoms with Gasteiger partial charge in [0.25, 0.3) is 0 Å². The number of methoxy groups -OCH3 is 1. The highest BCUT2D eigenvalue weighted by molar-refractivity contribution is 7.99. The third kappa shape index (κ3) is 6.82. The van der Waals surface area contributed by atoms with Crippen molar-refractivity contribution < 1.29 is 14.3 Å². The van der Waals surface area contributed by atoms with Crippen LogP contribution in [0.15, 0.2) is 29.2 Å². The number of thioether (sulfide) groups is 1. The molecule has 0 saturated heterocycles. The number of ether oxygens (including phenoxy) is 1. The highest BCUT2D eigenvalue weighted by Gasteiger charge is 2.11. The minimum absolute atomic E-state index is 0.0668. The van der Waals surface area contributed by atoms with Crippen molar-refractivity contribution in [3.05, 3.63) is 29.3 Å². The van der Waals surface area contributed by atoms with Crippen LogP contribution < -0.4 is 5.32 Å². The van der Waals surface area contributed by atoms with Crippen molar-refractivity contribution in [1.29, 1.82) is 0 Å². The summed E-state index contributed by atoms with van der Waals surface area (Å²) in [6, 6.07) is 7.27. The number of esters is 1. The van der Waals surface area contributed by atoms with Gasteiger partial charge < -0.3 is 10.1 Å². The topological polar surface area (TPSA) is 55.4 Å². The fraction of sp³-hybridized carbons (Fsp3) is 0.429. The summed E-state index contributed by atoms with van der Waals surface area (Å²) in [6.07, 6.45) is 0.589. The second kappa shape index (κ2) is 8.87. The van der Waals surface area contributed by atoms with Gasteiger partial charge in [0.2, 0.25) is 5.91 Å². The lowest BCUT2D eigenvalue weighted by Crippen LogP contribution is -2.34. The first kappa shape index (κ1) is 16.9. The predicted molar refractivity (Wildman–Crippen MR) is 81.0 cm³/mol. The van der Waals surface area contributed by atoms with Gasteiger partial charge in [0.05, 0.1) is 13.5 Å². The lowest BCUT2D eigenvalue weighted by molar-refractivity contribution is -0.141. The Kier molecular flexibility index (Phi) is 7.47. The van der Waals surface area contributed by atoms with Crippen LogP contribution in [0.3, 0.4) is 0 Å². The molecule has 0 fully saturated rings. The van der Waals surface area contributed by atoms with Crippen LogP contribution >= 0.6 is 23.4 Å². The number of carbonyl (C=O) groups excluding carboxylic acids is 2. The van der Waals surface area contributed by atoms with E-state index >= 15 is 0 Å². The summed E-state index contributed by atoms with van der Waals surface area (Å²) in [7, 11) is 1.33. The molecule has 0 spiro atoms. The first-order chi connectivity index (χ1) is 9.51. The fourth-order valence-corrected chi connectivity index (χ4v) is 2.50. The number of hydrogen-bond acceptors (Lipinski definition) is 4. The van der Waals surface area contributed by atoms with Gasteiger partial charge in [-0.25, -0.2) is 0 Å². The molecule has 0 radical (unpaired) electrons. The monoisotopic (exact) mass is 315 g/mol. The SMILES string of the molecule is COC(=O)CC(C)NC(=O)CCSc1ccc(Cl)cc1. The van der Waals surface area contributed by atoms with Crippen molar-refractivity contribution in [3.63, 3.8) is 0 Å². The molecule has 0 bridgehead atoms. The standard InChI is InChI=1S/C14H18ClNO3S/c1-10(9-14(18)19-2)16-13(17)7-8-20-12-5-3-11(15)4-6-12/h3-6,10H,7-9H2,1-2H3,(H,16,17). The lowest BCUT2D eigenvalue weighted by Gasteiger charge is -2.12. The summed E-state index contributed by atoms with van der Waals surface area (Å²) in [5.74, 6) is 0.287. The van der Waals surface area contributed by atoms with E-state index in [4.69, 9.17) is 11.6 Å². The maximum absolute atomic E-state index is 11.7. The van der Waals surface area contributed by atoms with Crippen LogP contribution in [0.5, 0.6) is 0 Å². The van der Waals surface area contributed by atoms with Gasteiger partial charge in [-0.3, -0.25) is 9.59 Å². The molecule has 1 rings (SSSR count). The summed E-state index contributed by atoms with van der Waals surface area (Å²) in [5.41, 5.74) is 0. The van der Waals surface area contributed by atoms with Crippen LogP contribution in [0.2, 0.25) is 5.02 Å². The zero-order chi connectivity index (χ0) is 15.0. The fourth-order valence-electron chi connectivity index (χ4n) is 1.52. The Morgan fingerprint density at radius 2 is 2.00 bits per heavy atom. The van der Waals surface area contributed by atoms with E-state index in [1.54, 1.807) is 18.7 Å². The van der Waals surface area contributed by atoms with E-state index in [0.717, 1.165) is 4.90 Å². The Bertz CT molecular complexity index is 450. The van der Waals surface area contributed by atoms with Crippen molar-refractivity contribution >= 4 is 35.2 Å². The van der Waals surface area contributed by atoms with E-state index in [1.807, 2.05) is 24.3 Å². The van der Waals surface area contributed by atoms with Crippen LogP contribution in [-0.2, 0) is 14.3 Å². The second-order valence-corrected chi connectivity index (χ2v) is 5.91. The summed E-state index contributed by atoms with van der Waals surface area (Å²) in [6.45, 7) is 1.78. The van der Waals surface area contributed by atoms with Gasteiger partial charge in [0.1, 0.15) is 0 Å². The van der Waals surface area contributed by atoms with E-state index in [9.17, 15) is 9.59 Å². The third-order valence-corrected chi connectivity index (χ3v) is 3.79. The Morgan fingerprint density at radius 1 is 1.35 bits per heavy atom. The molecule has 1 aromatic rings. The molecule has 1 aromatic carbocycles. The molecule has 1 atom stereocenters. The molecule has 1 N–H and O–H groups in total. The third-order valence-electron chi connectivity index (χ3n) is 2.52. The van der Waals surface area contributed by atoms with E-state index < -0.39 is 0 Å². The average Bonchev–Trinajstić information content (AvgIpc) is 2.40. The van der Waals surface area contributed by atoms with E-state index in [-0.39, 0.29) is 24.3 Å². The van der Waals surface area contributed by atoms with Crippen molar-refractivity contribution in [3.8, 4) is 0 Å². The van der Waals surface area contributed by atoms with Gasteiger partial charge in [-0.2, -0.15) is 0 Å². The number of carbonyl (C=O) groups is 2. The van der Waals surface area contributed by atoms with Crippen molar-refractivity contribution in [1.82, 2.24) is 5.32 Å². The first-order valence-electron chi connectivity index (χ1n) is 6.26. The quantitative estimate of drug-likeness (QED) is 0.621. The molecule has 0 heterocycles. The largest absolute Gasteiger partial charge is 0.469 e. The Morgan fingerprint density at radius 3 is 2.60 bits per heavy atom. The number of benzene rings is 1. The maximum atomic E-state index is 11.7. The Hall–Kier alpha value is -1.20. The molecule has 20 heavy (non-hydrogen) atoms. The highest BCUT2D eigenvalue weighted by Crippen LogP contribution is 2.20. The molecular formula is C14H18ClNO3S. The minimum atomic E-state index is -0.326. The van der Waals surface area contributed by atoms with Gasteiger partial charge in [-0.05, 0) is 31.2 Å². The molecule has 0 saturated carbocycles. The number of halogens is 1. The molecule has 4 nitrogen and oxygen atoms in total. The second-order valence-electron chi connectivity index (χ2n) is 4.30. The summed E-state index contributed by atoms with van der Waals surface area (Å²) >= 11 is 7.39. The summed E-state index contributed by atoms with van der Waals surface area (Å²) < 4.78 is 4.55. The number of rotatable bonds is 7. The summed E-state index contributed by atoms with van der Waals surface area (Å²) in [4.78, 5) is 23.8. The zero-order valence-corrected chi connectivity index (χ0v) is 13.1. The van der Waals surface area contributed by atoms with Crippen LogP contribution in [0.25, 0.3) is 0 Å². The maximum Gasteiger partial charge on any atom is 0.307 e. The molecule has 6 heteroatoms. The van der Waals surface area contributed by atoms with Gasteiger partial charge in [-0.1, -0.05) is 11.6 Å². The van der Waals surface area contributed by atoms with Crippen molar-refractivity contribution in [2.24, 2.45) is 0 Å². The molecule has 0 aromatic heterocycles. The number of amides is 1. The van der Waals surface area contributed by atoms with Gasteiger partial charge in [0.15, 0.2) is 0 Å². The van der Waals surface area contributed by atoms with E-state index in [1.165, 1.54) is 7.11 Å². The van der Waals surface area contributed by atoms with Crippen molar-refractivity contribution in [2.45, 2.75) is 30.7 Å². The smallest absolute Gasteiger partial charge is 0.307 e. The number of hydrogen-bond donors (Lipinski definition) is 1. The van der Waals surface area contributed by atoms with Gasteiger partial charge >= 0.3 is 5.97 Å². The Balaban J connectivity index is 2.23. The van der Waals surface area contributed by atoms with E-state index in [2.05, 4.69) is 10.1 Å². The summed E-state index contributed by atoms with van der Waals surface area (Å²) in [5, 5.41) is 3.46. The highest BCUT2D eigenvalue weighted by atomic mass is 35.5. The lowest BCUT2D eigenvalue weighted by atomic mass is 10.2. The molecule has 0 aliphatic carbocycles. The molecule has 110 valence electrons.